The number of amides is 2. The van der Waals surface area contributed by atoms with Gasteiger partial charge in [-0.2, -0.15) is 5.10 Å². The summed E-state index contributed by atoms with van der Waals surface area (Å²) in [4.78, 5) is 29.9. The molecule has 0 bridgehead atoms. The first-order chi connectivity index (χ1) is 9.45. The summed E-state index contributed by atoms with van der Waals surface area (Å²) in [6, 6.07) is 0. The zero-order valence-corrected chi connectivity index (χ0v) is 11.1. The van der Waals surface area contributed by atoms with Crippen molar-refractivity contribution < 1.29 is 14.3 Å². The lowest BCUT2D eigenvalue weighted by molar-refractivity contribution is 0.0973. The van der Waals surface area contributed by atoms with Gasteiger partial charge in [0.1, 0.15) is 6.34 Å². The molecule has 0 aliphatic carbocycles. The molecule has 0 atom stereocenters. The highest BCUT2D eigenvalue weighted by atomic mass is 35.5. The zero-order chi connectivity index (χ0) is 15.1. The van der Waals surface area contributed by atoms with Crippen LogP contribution in [0.3, 0.4) is 0 Å². The Morgan fingerprint density at radius 1 is 1.40 bits per heavy atom. The Morgan fingerprint density at radius 2 is 2.10 bits per heavy atom. The average molecular weight is 302 g/mol. The molecule has 0 saturated heterocycles. The van der Waals surface area contributed by atoms with Crippen molar-refractivity contribution >= 4 is 41.6 Å². The van der Waals surface area contributed by atoms with Crippen LogP contribution in [0.15, 0.2) is 5.10 Å². The number of halogens is 1. The van der Waals surface area contributed by atoms with Crippen molar-refractivity contribution in [1.82, 2.24) is 20.7 Å². The van der Waals surface area contributed by atoms with Gasteiger partial charge in [-0.1, -0.05) is 11.6 Å². The van der Waals surface area contributed by atoms with E-state index < -0.39 is 12.0 Å². The van der Waals surface area contributed by atoms with E-state index in [0.29, 0.717) is 0 Å². The number of aromatic nitrogens is 2. The van der Waals surface area contributed by atoms with Crippen LogP contribution in [0.4, 0.5) is 16.4 Å². The summed E-state index contributed by atoms with van der Waals surface area (Å²) in [7, 11) is 0. The lowest BCUT2D eigenvalue weighted by Gasteiger charge is -2.04. The maximum absolute atomic E-state index is 11.7. The first kappa shape index (κ1) is 15.4. The number of hydrogen-bond acceptors (Lipinski definition) is 8. The highest BCUT2D eigenvalue weighted by Crippen LogP contribution is 2.16. The van der Waals surface area contributed by atoms with Crippen molar-refractivity contribution in [3.05, 3.63) is 10.8 Å². The molecule has 11 heteroatoms. The van der Waals surface area contributed by atoms with E-state index in [1.807, 2.05) is 5.43 Å². The number of nitrogens with zero attached hydrogens (tertiary/aromatic N) is 3. The number of carbonyl (C=O) groups is 2. The summed E-state index contributed by atoms with van der Waals surface area (Å²) < 4.78 is 4.53. The normalized spacial score (nSPS) is 10.3. The number of hydrogen-bond donors (Lipinski definition) is 4. The number of ether oxygens (including phenoxy) is 1. The topological polar surface area (TPSA) is 158 Å². The fourth-order valence-corrected chi connectivity index (χ4v) is 1.14. The van der Waals surface area contributed by atoms with Gasteiger partial charge in [-0.15, -0.1) is 0 Å². The van der Waals surface area contributed by atoms with E-state index in [4.69, 9.17) is 23.1 Å². The van der Waals surface area contributed by atoms with Gasteiger partial charge in [0.25, 0.3) is 5.91 Å². The second-order valence-corrected chi connectivity index (χ2v) is 3.56. The molecule has 0 unspecified atom stereocenters. The Labute approximate surface area is 118 Å². The predicted octanol–water partition coefficient (Wildman–Crippen LogP) is -0.286. The molecule has 6 N–H and O–H groups in total. The highest BCUT2D eigenvalue weighted by Gasteiger charge is 2.14. The minimum Gasteiger partial charge on any atom is -0.449 e. The minimum atomic E-state index is -0.757. The third-order valence-electron chi connectivity index (χ3n) is 1.81. The lowest BCUT2D eigenvalue weighted by Crippen LogP contribution is -2.27. The second-order valence-electron chi connectivity index (χ2n) is 3.20. The number of rotatable bonds is 4. The number of nitrogens with two attached hydrogens (primary N) is 2. The molecule has 2 amide bonds. The van der Waals surface area contributed by atoms with Gasteiger partial charge in [-0.05, 0) is 6.92 Å². The monoisotopic (exact) mass is 301 g/mol. The van der Waals surface area contributed by atoms with Crippen molar-refractivity contribution in [3.8, 4) is 0 Å². The molecule has 10 nitrogen and oxygen atoms in total. The van der Waals surface area contributed by atoms with Crippen LogP contribution in [0, 0.1) is 0 Å². The van der Waals surface area contributed by atoms with E-state index in [-0.39, 0.29) is 29.1 Å². The van der Waals surface area contributed by atoms with Gasteiger partial charge in [-0.25, -0.2) is 20.2 Å². The molecule has 0 spiro atoms. The van der Waals surface area contributed by atoms with Crippen LogP contribution < -0.4 is 22.2 Å². The van der Waals surface area contributed by atoms with E-state index in [2.05, 4.69) is 25.1 Å². The number of nitrogen functional groups attached to an aromatic ring is 2. The Hall–Kier alpha value is -2.62. The second kappa shape index (κ2) is 7.09. The fourth-order valence-electron chi connectivity index (χ4n) is 1.02. The molecule has 0 radical (unpaired) electrons. The molecule has 108 valence electrons. The molecular formula is C9H12ClN7O3. The van der Waals surface area contributed by atoms with Gasteiger partial charge in [0, 0.05) is 0 Å². The van der Waals surface area contributed by atoms with Crippen LogP contribution >= 0.6 is 11.6 Å². The first-order valence-corrected chi connectivity index (χ1v) is 5.67. The van der Waals surface area contributed by atoms with Crippen LogP contribution in [0.25, 0.3) is 0 Å². The van der Waals surface area contributed by atoms with Crippen molar-refractivity contribution in [2.75, 3.05) is 18.1 Å². The Morgan fingerprint density at radius 3 is 2.75 bits per heavy atom. The van der Waals surface area contributed by atoms with Crippen LogP contribution in [0.2, 0.25) is 5.15 Å². The predicted molar refractivity (Wildman–Crippen MR) is 72.0 cm³/mol. The third kappa shape index (κ3) is 4.24. The Kier molecular flexibility index (Phi) is 5.47. The third-order valence-corrected chi connectivity index (χ3v) is 2.09. The average Bonchev–Trinajstić information content (AvgIpc) is 2.39. The number of anilines is 2. The minimum absolute atomic E-state index is 0.0849. The van der Waals surface area contributed by atoms with Crippen LogP contribution in [-0.2, 0) is 4.74 Å². The van der Waals surface area contributed by atoms with Crippen molar-refractivity contribution in [2.45, 2.75) is 6.92 Å². The molecule has 1 aromatic rings. The highest BCUT2D eigenvalue weighted by molar-refractivity contribution is 6.31. The summed E-state index contributed by atoms with van der Waals surface area (Å²) in [5.41, 5.74) is 12.6. The number of nitrogens with one attached hydrogen (secondary N) is 2. The molecule has 1 rings (SSSR count). The van der Waals surface area contributed by atoms with Gasteiger partial charge >= 0.3 is 6.09 Å². The van der Waals surface area contributed by atoms with Crippen molar-refractivity contribution in [2.24, 2.45) is 5.10 Å². The van der Waals surface area contributed by atoms with Gasteiger partial charge < -0.3 is 21.5 Å². The quantitative estimate of drug-likeness (QED) is 0.338. The van der Waals surface area contributed by atoms with Crippen LogP contribution in [0.1, 0.15) is 17.4 Å². The molecule has 1 aromatic heterocycles. The maximum atomic E-state index is 11.7. The van der Waals surface area contributed by atoms with E-state index >= 15 is 0 Å². The summed E-state index contributed by atoms with van der Waals surface area (Å²) in [6.45, 7) is 1.83. The summed E-state index contributed by atoms with van der Waals surface area (Å²) in [5.74, 6) is -0.985. The van der Waals surface area contributed by atoms with Crippen molar-refractivity contribution in [1.29, 1.82) is 0 Å². The molecule has 0 aliphatic heterocycles. The molecule has 0 fully saturated rings. The van der Waals surface area contributed by atoms with Gasteiger partial charge in [0.2, 0.25) is 0 Å². The molecule has 20 heavy (non-hydrogen) atoms. The summed E-state index contributed by atoms with van der Waals surface area (Å²) in [5, 5.41) is 5.45. The Balaban J connectivity index is 2.62. The number of carbonyl (C=O) groups excluding carboxylic acids is 2. The first-order valence-electron chi connectivity index (χ1n) is 5.29. The molecule has 0 saturated carbocycles. The number of hydrazone groups is 1. The van der Waals surface area contributed by atoms with Gasteiger partial charge in [0.15, 0.2) is 22.5 Å². The standard InChI is InChI=1S/C9H12ClN7O3/c1-2-20-9(19)17-14-3-13-8(18)4-6(11)16-7(12)5(10)15-4/h3H,2H2,1H3,(H,17,19)(H4,11,12,16)(H,13,14,18). The Bertz CT molecular complexity index is 549. The smallest absolute Gasteiger partial charge is 0.427 e. The molecule has 1 heterocycles. The summed E-state index contributed by atoms with van der Waals surface area (Å²) in [6.07, 6.45) is 0.165. The van der Waals surface area contributed by atoms with E-state index in [0.717, 1.165) is 6.34 Å². The SMILES string of the molecule is CCOC(=O)NN=CNC(=O)c1nc(Cl)c(N)nc1N. The van der Waals surface area contributed by atoms with E-state index in [1.54, 1.807) is 6.92 Å². The van der Waals surface area contributed by atoms with Gasteiger partial charge in [-0.3, -0.25) is 4.79 Å². The maximum Gasteiger partial charge on any atom is 0.427 e. The molecule has 0 aliphatic rings. The van der Waals surface area contributed by atoms with E-state index in [1.165, 1.54) is 0 Å². The molecule has 0 aromatic carbocycles. The van der Waals surface area contributed by atoms with Crippen LogP contribution in [-0.4, -0.2) is 34.9 Å². The largest absolute Gasteiger partial charge is 0.449 e. The van der Waals surface area contributed by atoms with Crippen LogP contribution in [0.5, 0.6) is 0 Å². The van der Waals surface area contributed by atoms with Gasteiger partial charge in [0.05, 0.1) is 6.61 Å². The molecular weight excluding hydrogens is 290 g/mol. The van der Waals surface area contributed by atoms with E-state index in [9.17, 15) is 9.59 Å². The summed E-state index contributed by atoms with van der Waals surface area (Å²) >= 11 is 5.63. The fraction of sp³-hybridized carbons (Fsp3) is 0.222. The lowest BCUT2D eigenvalue weighted by atomic mass is 10.4. The van der Waals surface area contributed by atoms with Crippen molar-refractivity contribution in [3.63, 3.8) is 0 Å². The zero-order valence-electron chi connectivity index (χ0n) is 10.4.